The number of carbonyl (C=O) groups excluding carboxylic acids is 2. The molecule has 3 unspecified atom stereocenters. The summed E-state index contributed by atoms with van der Waals surface area (Å²) >= 11 is 0. The van der Waals surface area contributed by atoms with E-state index in [1.54, 1.807) is 18.9 Å². The van der Waals surface area contributed by atoms with Crippen LogP contribution in [0.15, 0.2) is 97.1 Å². The van der Waals surface area contributed by atoms with Gasteiger partial charge in [0, 0.05) is 42.9 Å². The number of hydrogen-bond acceptors (Lipinski definition) is 9. The third-order valence-corrected chi connectivity index (χ3v) is 13.7. The van der Waals surface area contributed by atoms with Crippen LogP contribution in [-0.2, 0) is 29.9 Å². The molecule has 294 valence electrons. The molecule has 1 fully saturated rings. The number of likely N-dealkylation sites (tertiary alicyclic amines) is 1. The molecule has 5 rings (SSSR count). The Balaban J connectivity index is 1.23. The molecule has 4 aromatic carbocycles. The van der Waals surface area contributed by atoms with Crippen LogP contribution in [0.3, 0.4) is 0 Å². The molecule has 0 radical (unpaired) electrons. The van der Waals surface area contributed by atoms with Crippen LogP contribution < -0.4 is 9.47 Å². The van der Waals surface area contributed by atoms with Gasteiger partial charge in [0.05, 0.1) is 13.7 Å². The number of benzene rings is 4. The summed E-state index contributed by atoms with van der Waals surface area (Å²) in [5, 5.41) is 11.0. The Bertz CT molecular complexity index is 1800. The van der Waals surface area contributed by atoms with Gasteiger partial charge >= 0.3 is 14.9 Å². The smallest absolute Gasteiger partial charge is 0.497 e. The van der Waals surface area contributed by atoms with Crippen LogP contribution in [0.5, 0.6) is 11.5 Å². The maximum atomic E-state index is 13.3. The van der Waals surface area contributed by atoms with E-state index in [1.165, 1.54) is 5.56 Å². The molecule has 1 aliphatic heterocycles. The number of carbonyl (C=O) groups is 2. The Morgan fingerprint density at radius 1 is 0.800 bits per heavy atom. The third kappa shape index (κ3) is 10.2. The van der Waals surface area contributed by atoms with Crippen LogP contribution >= 0.6 is 0 Å². The molecule has 1 N–H and O–H groups in total. The lowest BCUT2D eigenvalue weighted by atomic mass is 9.73. The first-order valence-electron chi connectivity index (χ1n) is 19.2. The van der Waals surface area contributed by atoms with Crippen molar-refractivity contribution in [1.29, 1.82) is 0 Å². The Morgan fingerprint density at radius 3 is 1.82 bits per heavy atom. The van der Waals surface area contributed by atoms with Crippen molar-refractivity contribution in [2.45, 2.75) is 77.7 Å². The van der Waals surface area contributed by atoms with Crippen LogP contribution in [0.4, 0.5) is 4.79 Å². The van der Waals surface area contributed by atoms with Crippen LogP contribution in [0.2, 0.25) is 0 Å². The Labute approximate surface area is 326 Å². The van der Waals surface area contributed by atoms with Crippen molar-refractivity contribution < 1.29 is 42.2 Å². The van der Waals surface area contributed by atoms with E-state index < -0.39 is 26.6 Å². The Hall–Kier alpha value is -4.52. The zero-order valence-electron chi connectivity index (χ0n) is 32.9. The van der Waals surface area contributed by atoms with Gasteiger partial charge in [0.25, 0.3) is 0 Å². The number of rotatable bonds is 20. The van der Waals surface area contributed by atoms with Crippen molar-refractivity contribution in [2.75, 3.05) is 40.1 Å². The fourth-order valence-electron chi connectivity index (χ4n) is 7.06. The fraction of sp³-hybridized carbons (Fsp3) is 0.409. The summed E-state index contributed by atoms with van der Waals surface area (Å²) in [7, 11) is -1.44. The molecule has 4 aromatic rings. The predicted octanol–water partition coefficient (Wildman–Crippen LogP) is 8.44. The highest BCUT2D eigenvalue weighted by Crippen LogP contribution is 2.38. The highest BCUT2D eigenvalue weighted by Gasteiger charge is 2.57. The minimum Gasteiger partial charge on any atom is -0.497 e. The highest BCUT2D eigenvalue weighted by molar-refractivity contribution is 6.63. The van der Waals surface area contributed by atoms with Crippen LogP contribution in [0.1, 0.15) is 98.3 Å². The zero-order chi connectivity index (χ0) is 39.4. The molecule has 0 bridgehead atoms. The Morgan fingerprint density at radius 2 is 1.33 bits per heavy atom. The standard InChI is InChI=1S/C44H55NO9Si/c1-7-51-55(52-8-2,53-9-3)41-27-29-45(41)43(48)50-30-10-28-44(5,37-19-17-35(18-20-37)32(4)46)38-21-25-40(26-22-38)54-42(47)36-15-11-33(12-16-36)31-34-13-23-39(49-6)24-14-34/h11-26,41-42,47H,7-10,27-31H2,1-6H3. The summed E-state index contributed by atoms with van der Waals surface area (Å²) in [4.78, 5) is 27.0. The average Bonchev–Trinajstić information content (AvgIpc) is 3.17. The van der Waals surface area contributed by atoms with E-state index in [-0.39, 0.29) is 18.1 Å². The molecule has 10 nitrogen and oxygen atoms in total. The fourth-order valence-corrected chi connectivity index (χ4v) is 10.2. The second kappa shape index (κ2) is 19.4. The number of hydrogen-bond donors (Lipinski definition) is 1. The third-order valence-electron chi connectivity index (χ3n) is 10.2. The molecule has 1 aliphatic rings. The van der Waals surface area contributed by atoms with Gasteiger partial charge in [-0.2, -0.15) is 0 Å². The van der Waals surface area contributed by atoms with Crippen LogP contribution in [0, 0.1) is 0 Å². The van der Waals surface area contributed by atoms with Crippen molar-refractivity contribution in [3.05, 3.63) is 130 Å². The number of methoxy groups -OCH3 is 1. The van der Waals surface area contributed by atoms with E-state index in [4.69, 9.17) is 27.5 Å². The molecule has 0 aromatic heterocycles. The molecule has 55 heavy (non-hydrogen) atoms. The second-order valence-electron chi connectivity index (χ2n) is 13.8. The minimum absolute atomic E-state index is 0.00138. The molecular formula is C44H55NO9Si. The van der Waals surface area contributed by atoms with Crippen molar-refractivity contribution >= 4 is 20.7 Å². The van der Waals surface area contributed by atoms with E-state index in [2.05, 4.69) is 6.92 Å². The largest absolute Gasteiger partial charge is 0.524 e. The molecule has 0 spiro atoms. The minimum atomic E-state index is -3.10. The van der Waals surface area contributed by atoms with Gasteiger partial charge < -0.3 is 37.5 Å². The summed E-state index contributed by atoms with van der Waals surface area (Å²) < 4.78 is 35.2. The van der Waals surface area contributed by atoms with E-state index in [1.807, 2.05) is 118 Å². The first kappa shape index (κ1) is 41.6. The van der Waals surface area contributed by atoms with E-state index in [9.17, 15) is 14.7 Å². The quantitative estimate of drug-likeness (QED) is 0.0410. The number of Topliss-reactive ketones (excluding diaryl/α,β-unsaturated/α-hetero) is 1. The van der Waals surface area contributed by atoms with Gasteiger partial charge in [-0.25, -0.2) is 4.79 Å². The van der Waals surface area contributed by atoms with Gasteiger partial charge in [-0.15, -0.1) is 0 Å². The molecule has 0 saturated carbocycles. The van der Waals surface area contributed by atoms with Crippen LogP contribution in [-0.4, -0.2) is 76.4 Å². The molecule has 1 saturated heterocycles. The number of aliphatic hydroxyl groups excluding tert-OH is 1. The number of ether oxygens (including phenoxy) is 3. The summed E-state index contributed by atoms with van der Waals surface area (Å²) in [6, 6.07) is 31.1. The molecule has 1 amide bonds. The van der Waals surface area contributed by atoms with Gasteiger partial charge in [-0.05, 0) is 99.9 Å². The van der Waals surface area contributed by atoms with E-state index >= 15 is 0 Å². The second-order valence-corrected chi connectivity index (χ2v) is 16.6. The molecule has 3 atom stereocenters. The summed E-state index contributed by atoms with van der Waals surface area (Å²) in [6.45, 7) is 11.5. The van der Waals surface area contributed by atoms with Crippen molar-refractivity contribution in [3.63, 3.8) is 0 Å². The maximum absolute atomic E-state index is 13.3. The predicted molar refractivity (Wildman–Crippen MR) is 213 cm³/mol. The van der Waals surface area contributed by atoms with Crippen LogP contribution in [0.25, 0.3) is 0 Å². The summed E-state index contributed by atoms with van der Waals surface area (Å²) in [5.74, 6) is 1.35. The van der Waals surface area contributed by atoms with Gasteiger partial charge in [-0.3, -0.25) is 4.79 Å². The van der Waals surface area contributed by atoms with Gasteiger partial charge in [-0.1, -0.05) is 79.7 Å². The van der Waals surface area contributed by atoms with Gasteiger partial charge in [0.2, 0.25) is 6.29 Å². The topological polar surface area (TPSA) is 113 Å². The molecule has 11 heteroatoms. The highest BCUT2D eigenvalue weighted by atomic mass is 28.4. The van der Waals surface area contributed by atoms with Crippen molar-refractivity contribution in [3.8, 4) is 11.5 Å². The number of aliphatic hydroxyl groups is 1. The average molecular weight is 770 g/mol. The number of amides is 1. The summed E-state index contributed by atoms with van der Waals surface area (Å²) in [6.07, 6.45) is 1.21. The summed E-state index contributed by atoms with van der Waals surface area (Å²) in [5.41, 5.74) is 4.86. The lowest BCUT2D eigenvalue weighted by molar-refractivity contribution is -0.0194. The molecule has 0 aliphatic carbocycles. The van der Waals surface area contributed by atoms with Crippen molar-refractivity contribution in [2.24, 2.45) is 0 Å². The van der Waals surface area contributed by atoms with E-state index in [0.717, 1.165) is 35.3 Å². The maximum Gasteiger partial charge on any atom is 0.524 e. The molecular weight excluding hydrogens is 715 g/mol. The monoisotopic (exact) mass is 769 g/mol. The SMILES string of the molecule is CCO[Si](OCC)(OCC)C1CCN1C(=O)OCCCC(C)(c1ccc(OC(O)c2ccc(Cc3ccc(OC)cc3)cc2)cc1)c1ccc(C(C)=O)cc1. The van der Waals surface area contributed by atoms with E-state index in [0.29, 0.717) is 56.1 Å². The number of ketones is 1. The Kier molecular flexibility index (Phi) is 14.7. The lowest BCUT2D eigenvalue weighted by Gasteiger charge is -2.47. The normalized spacial score (nSPS) is 15.8. The van der Waals surface area contributed by atoms with Crippen molar-refractivity contribution in [1.82, 2.24) is 4.90 Å². The van der Waals surface area contributed by atoms with Gasteiger partial charge in [0.15, 0.2) is 5.78 Å². The molecule has 1 heterocycles. The first-order valence-corrected chi connectivity index (χ1v) is 21.0. The zero-order valence-corrected chi connectivity index (χ0v) is 33.9. The first-order chi connectivity index (χ1) is 26.5. The lowest BCUT2D eigenvalue weighted by Crippen LogP contribution is -2.69. The number of nitrogens with zero attached hydrogens (tertiary/aromatic N) is 1. The van der Waals surface area contributed by atoms with Gasteiger partial charge in [0.1, 0.15) is 17.2 Å².